The highest BCUT2D eigenvalue weighted by atomic mass is 19.4. The second-order valence-electron chi connectivity index (χ2n) is 5.45. The number of nitrogens with two attached hydrogens (primary N) is 1. The van der Waals surface area contributed by atoms with Crippen molar-refractivity contribution in [2.45, 2.75) is 25.3 Å². The molecule has 4 nitrogen and oxygen atoms in total. The lowest BCUT2D eigenvalue weighted by Crippen LogP contribution is -2.16. The first kappa shape index (κ1) is 16.2. The lowest BCUT2D eigenvalue weighted by molar-refractivity contribution is -0.274. The summed E-state index contributed by atoms with van der Waals surface area (Å²) in [5.41, 5.74) is 8.64. The third-order valence-electron chi connectivity index (χ3n) is 3.85. The molecule has 1 unspecified atom stereocenters. The van der Waals surface area contributed by atoms with Crippen LogP contribution in [0.5, 0.6) is 5.75 Å². The second kappa shape index (κ2) is 6.07. The maximum Gasteiger partial charge on any atom is 0.573 e. The Labute approximate surface area is 136 Å². The van der Waals surface area contributed by atoms with Gasteiger partial charge in [0.2, 0.25) is 0 Å². The third kappa shape index (κ3) is 3.61. The molecule has 0 bridgehead atoms. The van der Waals surface area contributed by atoms with Crippen LogP contribution in [0.15, 0.2) is 42.5 Å². The van der Waals surface area contributed by atoms with Crippen LogP contribution in [0.25, 0.3) is 11.1 Å². The monoisotopic (exact) mass is 337 g/mol. The molecule has 126 valence electrons. The van der Waals surface area contributed by atoms with Crippen molar-refractivity contribution in [3.8, 4) is 16.9 Å². The van der Waals surface area contributed by atoms with Crippen molar-refractivity contribution in [3.63, 3.8) is 0 Å². The van der Waals surface area contributed by atoms with E-state index >= 15 is 0 Å². The summed E-state index contributed by atoms with van der Waals surface area (Å²) in [6.07, 6.45) is -4.44. The van der Waals surface area contributed by atoms with Crippen LogP contribution in [0, 0.1) is 0 Å². The van der Waals surface area contributed by atoms with E-state index in [2.05, 4.69) is 4.74 Å². The number of fused-ring (bicyclic) bond motifs is 1. The summed E-state index contributed by atoms with van der Waals surface area (Å²) < 4.78 is 45.4. The van der Waals surface area contributed by atoms with Crippen molar-refractivity contribution in [1.29, 1.82) is 0 Å². The topological polar surface area (TPSA) is 61.6 Å². The third-order valence-corrected chi connectivity index (χ3v) is 3.85. The van der Waals surface area contributed by atoms with E-state index in [1.54, 1.807) is 12.1 Å². The van der Waals surface area contributed by atoms with Crippen LogP contribution < -0.4 is 10.5 Å². The number of alkyl halides is 3. The fraction of sp³-hybridized carbons (Fsp3) is 0.235. The number of hydrogen-bond donors (Lipinski definition) is 1. The molecule has 0 aromatic heterocycles. The number of amides is 1. The fourth-order valence-corrected chi connectivity index (χ4v) is 2.87. The van der Waals surface area contributed by atoms with Gasteiger partial charge in [-0.3, -0.25) is 0 Å². The van der Waals surface area contributed by atoms with Crippen molar-refractivity contribution in [2.75, 3.05) is 0 Å². The number of hydrogen-bond acceptors (Lipinski definition) is 3. The van der Waals surface area contributed by atoms with Crippen molar-refractivity contribution >= 4 is 6.09 Å². The molecule has 2 aromatic carbocycles. The normalized spacial score (nSPS) is 16.5. The molecule has 7 heteroatoms. The minimum absolute atomic E-state index is 0.262. The van der Waals surface area contributed by atoms with Crippen LogP contribution in [0.3, 0.4) is 0 Å². The highest BCUT2D eigenvalue weighted by molar-refractivity contribution is 5.67. The summed E-state index contributed by atoms with van der Waals surface area (Å²) in [7, 11) is 0. The predicted octanol–water partition coefficient (Wildman–Crippen LogP) is 4.33. The van der Waals surface area contributed by atoms with Crippen LogP contribution in [-0.2, 0) is 11.2 Å². The van der Waals surface area contributed by atoms with Gasteiger partial charge in [-0.25, -0.2) is 4.79 Å². The van der Waals surface area contributed by atoms with Crippen LogP contribution in [0.1, 0.15) is 23.7 Å². The zero-order chi connectivity index (χ0) is 17.3. The number of carbonyl (C=O) groups excluding carboxylic acids is 1. The number of rotatable bonds is 3. The first-order valence-corrected chi connectivity index (χ1v) is 7.27. The lowest BCUT2D eigenvalue weighted by Gasteiger charge is -2.12. The molecule has 1 atom stereocenters. The molecule has 0 heterocycles. The number of ether oxygens (including phenoxy) is 2. The number of benzene rings is 2. The van der Waals surface area contributed by atoms with Gasteiger partial charge in [-0.1, -0.05) is 30.3 Å². The Morgan fingerprint density at radius 1 is 1.08 bits per heavy atom. The molecule has 1 aliphatic rings. The predicted molar refractivity (Wildman–Crippen MR) is 80.3 cm³/mol. The van der Waals surface area contributed by atoms with Gasteiger partial charge in [-0.15, -0.1) is 13.2 Å². The van der Waals surface area contributed by atoms with Gasteiger partial charge in [0.25, 0.3) is 0 Å². The van der Waals surface area contributed by atoms with E-state index in [-0.39, 0.29) is 11.9 Å². The van der Waals surface area contributed by atoms with Crippen molar-refractivity contribution in [1.82, 2.24) is 0 Å². The molecule has 0 radical (unpaired) electrons. The maximum atomic E-state index is 12.2. The summed E-state index contributed by atoms with van der Waals surface area (Å²) in [5.74, 6) is -0.262. The molecule has 0 spiro atoms. The molecule has 0 saturated carbocycles. The Hall–Kier alpha value is -2.70. The Kier molecular flexibility index (Phi) is 4.09. The van der Waals surface area contributed by atoms with Gasteiger partial charge >= 0.3 is 12.5 Å². The van der Waals surface area contributed by atoms with Crippen LogP contribution in [0.2, 0.25) is 0 Å². The number of halogens is 3. The Balaban J connectivity index is 1.80. The molecule has 24 heavy (non-hydrogen) atoms. The average Bonchev–Trinajstić information content (AvgIpc) is 2.88. The number of carbonyl (C=O) groups is 1. The Bertz CT molecular complexity index is 757. The van der Waals surface area contributed by atoms with E-state index in [9.17, 15) is 18.0 Å². The molecule has 1 aliphatic carbocycles. The largest absolute Gasteiger partial charge is 0.573 e. The van der Waals surface area contributed by atoms with Crippen LogP contribution in [-0.4, -0.2) is 12.5 Å². The van der Waals surface area contributed by atoms with Gasteiger partial charge < -0.3 is 15.2 Å². The number of primary amides is 1. The summed E-state index contributed by atoms with van der Waals surface area (Å²) in [6.45, 7) is 0. The highest BCUT2D eigenvalue weighted by Crippen LogP contribution is 2.36. The van der Waals surface area contributed by atoms with Gasteiger partial charge in [0.1, 0.15) is 11.9 Å². The fourth-order valence-electron chi connectivity index (χ4n) is 2.87. The Morgan fingerprint density at radius 3 is 2.38 bits per heavy atom. The highest BCUT2D eigenvalue weighted by Gasteiger charge is 2.31. The lowest BCUT2D eigenvalue weighted by atomic mass is 10.00. The zero-order valence-electron chi connectivity index (χ0n) is 12.5. The first-order chi connectivity index (χ1) is 11.3. The SMILES string of the molecule is NC(=O)OC1CCc2cc(-c3ccc(OC(F)(F)F)cc3)ccc21. The quantitative estimate of drug-likeness (QED) is 0.906. The van der Waals surface area contributed by atoms with Gasteiger partial charge in [0.15, 0.2) is 0 Å². The summed E-state index contributed by atoms with van der Waals surface area (Å²) in [6, 6.07) is 11.3. The Morgan fingerprint density at radius 2 is 1.75 bits per heavy atom. The van der Waals surface area contributed by atoms with Crippen molar-refractivity contribution in [2.24, 2.45) is 5.73 Å². The van der Waals surface area contributed by atoms with E-state index in [4.69, 9.17) is 10.5 Å². The summed E-state index contributed by atoms with van der Waals surface area (Å²) in [5, 5.41) is 0. The average molecular weight is 337 g/mol. The minimum Gasteiger partial charge on any atom is -0.441 e. The second-order valence-corrected chi connectivity index (χ2v) is 5.45. The van der Waals surface area contributed by atoms with Gasteiger partial charge in [-0.05, 0) is 47.2 Å². The van der Waals surface area contributed by atoms with Crippen molar-refractivity contribution in [3.05, 3.63) is 53.6 Å². The smallest absolute Gasteiger partial charge is 0.441 e. The van der Waals surface area contributed by atoms with E-state index in [0.29, 0.717) is 6.42 Å². The standard InChI is InChI=1S/C17H14F3NO3/c18-17(19,20)24-13-5-1-10(2-6-13)11-3-7-14-12(9-11)4-8-15(14)23-16(21)22/h1-3,5-7,9,15H,4,8H2,(H2,21,22). The minimum atomic E-state index is -4.70. The summed E-state index contributed by atoms with van der Waals surface area (Å²) >= 11 is 0. The molecular formula is C17H14F3NO3. The van der Waals surface area contributed by atoms with E-state index in [1.165, 1.54) is 12.1 Å². The van der Waals surface area contributed by atoms with Crippen LogP contribution >= 0.6 is 0 Å². The molecule has 1 amide bonds. The molecular weight excluding hydrogens is 323 g/mol. The van der Waals surface area contributed by atoms with E-state index in [0.717, 1.165) is 28.7 Å². The zero-order valence-corrected chi connectivity index (χ0v) is 12.5. The molecule has 0 saturated heterocycles. The van der Waals surface area contributed by atoms with Crippen molar-refractivity contribution < 1.29 is 27.4 Å². The maximum absolute atomic E-state index is 12.2. The molecule has 0 fully saturated rings. The van der Waals surface area contributed by atoms with Gasteiger partial charge in [0.05, 0.1) is 0 Å². The summed E-state index contributed by atoms with van der Waals surface area (Å²) in [4.78, 5) is 10.9. The molecule has 0 aliphatic heterocycles. The van der Waals surface area contributed by atoms with E-state index in [1.807, 2.05) is 18.2 Å². The molecule has 2 aromatic rings. The molecule has 3 rings (SSSR count). The van der Waals surface area contributed by atoms with Gasteiger partial charge in [0, 0.05) is 0 Å². The van der Waals surface area contributed by atoms with Crippen LogP contribution in [0.4, 0.5) is 18.0 Å². The van der Waals surface area contributed by atoms with E-state index < -0.39 is 12.5 Å². The first-order valence-electron chi connectivity index (χ1n) is 7.27. The van der Waals surface area contributed by atoms with Gasteiger partial charge in [-0.2, -0.15) is 0 Å². The molecule has 2 N–H and O–H groups in total. The number of aryl methyl sites for hydroxylation is 1.